The molecule has 0 bridgehead atoms. The summed E-state index contributed by atoms with van der Waals surface area (Å²) in [4.78, 5) is 23.1. The van der Waals surface area contributed by atoms with Crippen LogP contribution in [0.4, 0.5) is 14.7 Å². The fourth-order valence-corrected chi connectivity index (χ4v) is 3.90. The second kappa shape index (κ2) is 8.04. The van der Waals surface area contributed by atoms with E-state index < -0.39 is 29.1 Å². The van der Waals surface area contributed by atoms with Gasteiger partial charge in [-0.25, -0.2) is 13.8 Å². The zero-order valence-corrected chi connectivity index (χ0v) is 16.4. The minimum absolute atomic E-state index is 0.200. The number of pyridine rings is 1. The molecule has 2 unspecified atom stereocenters. The van der Waals surface area contributed by atoms with Crippen LogP contribution in [0, 0.1) is 5.92 Å². The van der Waals surface area contributed by atoms with E-state index >= 15 is 0 Å². The van der Waals surface area contributed by atoms with Gasteiger partial charge in [0.2, 0.25) is 5.95 Å². The van der Waals surface area contributed by atoms with Crippen LogP contribution in [0.3, 0.4) is 0 Å². The standard InChI is InChI=1S/C20H19ClF2N4O2/c1-26-19(28)10-17(12-2-4-24-5-3-12)25-20(26)27-6-7-29-18(11-27)13-8-15(22)16(23)9-14(13)21/h2-5,8-10,13-14,18H,6-7,11H2,1H3/t13?,14?,18-/m0/s1. The van der Waals surface area contributed by atoms with Crippen LogP contribution in [-0.2, 0) is 11.8 Å². The van der Waals surface area contributed by atoms with E-state index in [2.05, 4.69) is 9.97 Å². The molecule has 0 saturated carbocycles. The average molecular weight is 421 g/mol. The van der Waals surface area contributed by atoms with E-state index in [1.165, 1.54) is 16.7 Å². The van der Waals surface area contributed by atoms with Crippen molar-refractivity contribution in [1.82, 2.24) is 14.5 Å². The molecule has 1 fully saturated rings. The van der Waals surface area contributed by atoms with Gasteiger partial charge >= 0.3 is 0 Å². The number of allylic oxidation sites excluding steroid dienone is 3. The first-order valence-corrected chi connectivity index (χ1v) is 9.62. The minimum Gasteiger partial charge on any atom is -0.374 e. The molecule has 0 aromatic carbocycles. The van der Waals surface area contributed by atoms with Gasteiger partial charge in [0.15, 0.2) is 11.7 Å². The zero-order valence-electron chi connectivity index (χ0n) is 15.6. The summed E-state index contributed by atoms with van der Waals surface area (Å²) in [5.74, 6) is -1.94. The number of hydrogen-bond donors (Lipinski definition) is 0. The number of nitrogens with zero attached hydrogens (tertiary/aromatic N) is 4. The smallest absolute Gasteiger partial charge is 0.255 e. The molecular formula is C20H19ClF2N4O2. The Morgan fingerprint density at radius 3 is 2.69 bits per heavy atom. The zero-order chi connectivity index (χ0) is 20.5. The number of morpholine rings is 1. The van der Waals surface area contributed by atoms with Gasteiger partial charge in [0.1, 0.15) is 0 Å². The van der Waals surface area contributed by atoms with Crippen LogP contribution in [0.1, 0.15) is 0 Å². The van der Waals surface area contributed by atoms with Crippen molar-refractivity contribution in [3.05, 3.63) is 64.8 Å². The fourth-order valence-electron chi connectivity index (χ4n) is 3.55. The van der Waals surface area contributed by atoms with Crippen molar-refractivity contribution >= 4 is 17.5 Å². The maximum atomic E-state index is 13.8. The Kier molecular flexibility index (Phi) is 5.47. The van der Waals surface area contributed by atoms with Crippen LogP contribution in [0.2, 0.25) is 0 Å². The molecule has 2 aliphatic rings. The van der Waals surface area contributed by atoms with Crippen molar-refractivity contribution in [2.45, 2.75) is 11.5 Å². The largest absolute Gasteiger partial charge is 0.374 e. The molecule has 9 heteroatoms. The predicted molar refractivity (Wildman–Crippen MR) is 106 cm³/mol. The Hall–Kier alpha value is -2.58. The number of ether oxygens (including phenoxy) is 1. The maximum absolute atomic E-state index is 13.8. The highest BCUT2D eigenvalue weighted by atomic mass is 35.5. The molecule has 29 heavy (non-hydrogen) atoms. The third kappa shape index (κ3) is 3.95. The topological polar surface area (TPSA) is 60.2 Å². The molecule has 0 spiro atoms. The average Bonchev–Trinajstić information content (AvgIpc) is 2.73. The second-order valence-electron chi connectivity index (χ2n) is 6.98. The molecule has 4 rings (SSSR count). The fraction of sp³-hybridized carbons (Fsp3) is 0.350. The highest BCUT2D eigenvalue weighted by molar-refractivity contribution is 6.22. The Bertz CT molecular complexity index is 1020. The lowest BCUT2D eigenvalue weighted by molar-refractivity contribution is 0.0139. The summed E-state index contributed by atoms with van der Waals surface area (Å²) < 4.78 is 34.5. The lowest BCUT2D eigenvalue weighted by Gasteiger charge is -2.38. The maximum Gasteiger partial charge on any atom is 0.255 e. The number of aromatic nitrogens is 3. The van der Waals surface area contributed by atoms with E-state index in [4.69, 9.17) is 16.3 Å². The molecule has 152 valence electrons. The van der Waals surface area contributed by atoms with Gasteiger partial charge < -0.3 is 9.64 Å². The minimum atomic E-state index is -0.956. The summed E-state index contributed by atoms with van der Waals surface area (Å²) in [5, 5.41) is -0.723. The summed E-state index contributed by atoms with van der Waals surface area (Å²) in [6, 6.07) is 5.03. The van der Waals surface area contributed by atoms with E-state index in [-0.39, 0.29) is 5.56 Å². The molecule has 1 saturated heterocycles. The van der Waals surface area contributed by atoms with Crippen molar-refractivity contribution in [2.75, 3.05) is 24.6 Å². The van der Waals surface area contributed by atoms with Crippen molar-refractivity contribution < 1.29 is 13.5 Å². The van der Waals surface area contributed by atoms with Gasteiger partial charge in [-0.15, -0.1) is 11.6 Å². The Morgan fingerprint density at radius 2 is 1.93 bits per heavy atom. The van der Waals surface area contributed by atoms with Crippen LogP contribution >= 0.6 is 11.6 Å². The Morgan fingerprint density at radius 1 is 1.21 bits per heavy atom. The van der Waals surface area contributed by atoms with E-state index in [9.17, 15) is 13.6 Å². The van der Waals surface area contributed by atoms with Crippen LogP contribution in [0.5, 0.6) is 0 Å². The third-order valence-corrected chi connectivity index (χ3v) is 5.55. The molecule has 6 nitrogen and oxygen atoms in total. The van der Waals surface area contributed by atoms with Crippen LogP contribution < -0.4 is 10.5 Å². The van der Waals surface area contributed by atoms with Gasteiger partial charge in [0.25, 0.3) is 5.56 Å². The Labute approximate surface area is 171 Å². The van der Waals surface area contributed by atoms with Gasteiger partial charge in [-0.2, -0.15) is 0 Å². The first kappa shape index (κ1) is 19.7. The summed E-state index contributed by atoms with van der Waals surface area (Å²) in [7, 11) is 1.65. The molecule has 0 N–H and O–H groups in total. The van der Waals surface area contributed by atoms with Gasteiger partial charge in [-0.3, -0.25) is 14.3 Å². The summed E-state index contributed by atoms with van der Waals surface area (Å²) in [5.41, 5.74) is 1.12. The highest BCUT2D eigenvalue weighted by Gasteiger charge is 2.35. The molecule has 1 aliphatic carbocycles. The van der Waals surface area contributed by atoms with Gasteiger partial charge in [-0.1, -0.05) is 0 Å². The van der Waals surface area contributed by atoms with E-state index in [0.717, 1.165) is 11.6 Å². The molecule has 2 aromatic heterocycles. The lowest BCUT2D eigenvalue weighted by atomic mass is 9.92. The van der Waals surface area contributed by atoms with Crippen molar-refractivity contribution in [2.24, 2.45) is 13.0 Å². The summed E-state index contributed by atoms with van der Waals surface area (Å²) in [6.45, 7) is 1.20. The van der Waals surface area contributed by atoms with Crippen molar-refractivity contribution in [1.29, 1.82) is 0 Å². The van der Waals surface area contributed by atoms with Gasteiger partial charge in [0.05, 0.1) is 23.8 Å². The molecule has 2 aromatic rings. The normalized spacial score (nSPS) is 24.8. The van der Waals surface area contributed by atoms with Crippen LogP contribution in [0.25, 0.3) is 11.3 Å². The molecule has 1 aliphatic heterocycles. The summed E-state index contributed by atoms with van der Waals surface area (Å²) in [6.07, 6.45) is 5.03. The number of rotatable bonds is 3. The van der Waals surface area contributed by atoms with Gasteiger partial charge in [-0.05, 0) is 24.3 Å². The molecular weight excluding hydrogens is 402 g/mol. The lowest BCUT2D eigenvalue weighted by Crippen LogP contribution is -2.49. The summed E-state index contributed by atoms with van der Waals surface area (Å²) >= 11 is 6.23. The number of alkyl halides is 1. The number of hydrogen-bond acceptors (Lipinski definition) is 5. The predicted octanol–water partition coefficient (Wildman–Crippen LogP) is 2.99. The molecule has 3 atom stereocenters. The van der Waals surface area contributed by atoms with Crippen LogP contribution in [-0.4, -0.2) is 45.7 Å². The number of anilines is 1. The van der Waals surface area contributed by atoms with E-state index in [1.54, 1.807) is 31.6 Å². The number of halogens is 3. The Balaban J connectivity index is 1.64. The SMILES string of the molecule is Cn1c(N2CCO[C@H](C3C=C(F)C(F)=CC3Cl)C2)nc(-c2ccncc2)cc1=O. The second-order valence-corrected chi connectivity index (χ2v) is 7.48. The molecule has 0 amide bonds. The monoisotopic (exact) mass is 420 g/mol. The molecule has 3 heterocycles. The first-order chi connectivity index (χ1) is 13.9. The first-order valence-electron chi connectivity index (χ1n) is 9.18. The third-order valence-electron chi connectivity index (χ3n) is 5.13. The van der Waals surface area contributed by atoms with Crippen LogP contribution in [0.15, 0.2) is 59.2 Å². The van der Waals surface area contributed by atoms with Crippen molar-refractivity contribution in [3.8, 4) is 11.3 Å². The quantitative estimate of drug-likeness (QED) is 0.714. The van der Waals surface area contributed by atoms with Crippen molar-refractivity contribution in [3.63, 3.8) is 0 Å². The van der Waals surface area contributed by atoms with E-state index in [1.807, 2.05) is 4.90 Å². The van der Waals surface area contributed by atoms with Gasteiger partial charge in [0, 0.05) is 50.1 Å². The highest BCUT2D eigenvalue weighted by Crippen LogP contribution is 2.33. The molecule has 0 radical (unpaired) electrons. The van der Waals surface area contributed by atoms with E-state index in [0.29, 0.717) is 31.3 Å².